The Morgan fingerprint density at radius 1 is 1.67 bits per heavy atom. The van der Waals surface area contributed by atoms with Crippen molar-refractivity contribution in [1.82, 2.24) is 0 Å². The summed E-state index contributed by atoms with van der Waals surface area (Å²) in [7, 11) is 0. The number of rotatable bonds is 2. The van der Waals surface area contributed by atoms with Crippen molar-refractivity contribution in [1.29, 1.82) is 0 Å². The van der Waals surface area contributed by atoms with Gasteiger partial charge < -0.3 is 15.9 Å². The van der Waals surface area contributed by atoms with Crippen LogP contribution >= 0.6 is 0 Å². The van der Waals surface area contributed by atoms with E-state index in [9.17, 15) is 4.79 Å². The molecule has 0 aliphatic rings. The first-order valence-corrected chi connectivity index (χ1v) is 2.22. The minimum Gasteiger partial charge on any atom is -0.480 e. The summed E-state index contributed by atoms with van der Waals surface area (Å²) in [5.74, 6) is -1.18. The highest BCUT2D eigenvalue weighted by Gasteiger charge is 2.16. The predicted octanol–water partition coefficient (Wildman–Crippen LogP) is -1.60. The van der Waals surface area contributed by atoms with E-state index in [1.807, 2.05) is 0 Å². The predicted molar refractivity (Wildman–Crippen MR) is 33.0 cm³/mol. The molecule has 0 aliphatic carbocycles. The highest BCUT2D eigenvalue weighted by molar-refractivity contribution is 5.75. The minimum absolute atomic E-state index is 0. The molecule has 0 amide bonds. The SMILES string of the molecule is C[C@@H](O)[C@H](N)C(=O)O.[Al]. The lowest BCUT2D eigenvalue weighted by atomic mass is 10.2. The first-order chi connectivity index (χ1) is 3.55. The Bertz CT molecular complexity index is 95.8. The largest absolute Gasteiger partial charge is 0.480 e. The highest BCUT2D eigenvalue weighted by atomic mass is 27.0. The second kappa shape index (κ2) is 4.77. The molecular formula is C4H9AlNO3. The lowest BCUT2D eigenvalue weighted by molar-refractivity contribution is -0.140. The maximum Gasteiger partial charge on any atom is 0.323 e. The van der Waals surface area contributed by atoms with Crippen molar-refractivity contribution >= 4 is 23.3 Å². The van der Waals surface area contributed by atoms with Crippen LogP contribution < -0.4 is 5.73 Å². The van der Waals surface area contributed by atoms with Crippen LogP contribution in [-0.2, 0) is 4.79 Å². The molecule has 2 atom stereocenters. The standard InChI is InChI=1S/C4H9NO3.Al/c1-2(6)3(5)4(7)8;/h2-3,6H,5H2,1H3,(H,7,8);/t2-,3+;/m1./s1. The number of carbonyl (C=O) groups is 1. The zero-order valence-electron chi connectivity index (χ0n) is 5.11. The first kappa shape index (κ1) is 11.7. The number of hydrogen-bond acceptors (Lipinski definition) is 3. The van der Waals surface area contributed by atoms with E-state index in [1.54, 1.807) is 0 Å². The molecule has 0 aromatic heterocycles. The van der Waals surface area contributed by atoms with Gasteiger partial charge in [0.15, 0.2) is 0 Å². The van der Waals surface area contributed by atoms with Gasteiger partial charge in [0, 0.05) is 17.4 Å². The monoisotopic (exact) mass is 146 g/mol. The molecule has 0 fully saturated rings. The van der Waals surface area contributed by atoms with Gasteiger partial charge in [-0.2, -0.15) is 0 Å². The van der Waals surface area contributed by atoms with Crippen LogP contribution in [0.2, 0.25) is 0 Å². The van der Waals surface area contributed by atoms with Crippen molar-refractivity contribution in [2.75, 3.05) is 0 Å². The number of carboxylic acid groups (broad SMARTS) is 1. The molecule has 0 aromatic rings. The van der Waals surface area contributed by atoms with Crippen molar-refractivity contribution < 1.29 is 15.0 Å². The molecular weight excluding hydrogens is 137 g/mol. The van der Waals surface area contributed by atoms with Gasteiger partial charge in [-0.3, -0.25) is 4.79 Å². The van der Waals surface area contributed by atoms with Crippen molar-refractivity contribution in [2.45, 2.75) is 19.1 Å². The number of aliphatic hydroxyl groups excluding tert-OH is 1. The quantitative estimate of drug-likeness (QED) is 0.409. The summed E-state index contributed by atoms with van der Waals surface area (Å²) in [6.45, 7) is 1.33. The third-order valence-corrected chi connectivity index (χ3v) is 0.805. The van der Waals surface area contributed by atoms with E-state index >= 15 is 0 Å². The molecule has 0 spiro atoms. The summed E-state index contributed by atoms with van der Waals surface area (Å²) < 4.78 is 0. The molecule has 0 rings (SSSR count). The molecule has 4 nitrogen and oxygen atoms in total. The summed E-state index contributed by atoms with van der Waals surface area (Å²) >= 11 is 0. The Morgan fingerprint density at radius 2 is 2.00 bits per heavy atom. The molecule has 0 saturated heterocycles. The smallest absolute Gasteiger partial charge is 0.323 e. The van der Waals surface area contributed by atoms with Crippen molar-refractivity contribution in [2.24, 2.45) is 5.73 Å². The lowest BCUT2D eigenvalue weighted by Crippen LogP contribution is -2.39. The van der Waals surface area contributed by atoms with E-state index in [1.165, 1.54) is 6.92 Å². The van der Waals surface area contributed by atoms with E-state index in [2.05, 4.69) is 0 Å². The van der Waals surface area contributed by atoms with Crippen LogP contribution in [0, 0.1) is 0 Å². The molecule has 0 aliphatic heterocycles. The van der Waals surface area contributed by atoms with E-state index in [4.69, 9.17) is 15.9 Å². The van der Waals surface area contributed by atoms with Gasteiger partial charge in [0.2, 0.25) is 0 Å². The molecule has 3 radical (unpaired) electrons. The minimum atomic E-state index is -1.18. The Morgan fingerprint density at radius 3 is 2.00 bits per heavy atom. The summed E-state index contributed by atoms with van der Waals surface area (Å²) in [5.41, 5.74) is 4.91. The fourth-order valence-corrected chi connectivity index (χ4v) is 0.206. The van der Waals surface area contributed by atoms with Gasteiger partial charge in [0.25, 0.3) is 0 Å². The van der Waals surface area contributed by atoms with Crippen LogP contribution in [0.4, 0.5) is 0 Å². The summed E-state index contributed by atoms with van der Waals surface area (Å²) in [5, 5.41) is 16.6. The molecule has 0 aromatic carbocycles. The Balaban J connectivity index is 0. The number of aliphatic carboxylic acids is 1. The fourth-order valence-electron chi connectivity index (χ4n) is 0.206. The molecule has 9 heavy (non-hydrogen) atoms. The molecule has 0 bridgehead atoms. The number of nitrogens with two attached hydrogens (primary N) is 1. The van der Waals surface area contributed by atoms with Gasteiger partial charge in [0.1, 0.15) is 6.04 Å². The summed E-state index contributed by atoms with van der Waals surface area (Å²) in [6.07, 6.45) is -0.979. The van der Waals surface area contributed by atoms with Crippen LogP contribution in [0.25, 0.3) is 0 Å². The molecule has 0 saturated carbocycles. The first-order valence-electron chi connectivity index (χ1n) is 2.22. The molecule has 5 heteroatoms. The third kappa shape index (κ3) is 4.43. The van der Waals surface area contributed by atoms with Gasteiger partial charge in [-0.1, -0.05) is 0 Å². The van der Waals surface area contributed by atoms with Crippen LogP contribution in [0.5, 0.6) is 0 Å². The zero-order valence-corrected chi connectivity index (χ0v) is 6.27. The molecule has 0 heterocycles. The lowest BCUT2D eigenvalue weighted by Gasteiger charge is -2.06. The fraction of sp³-hybridized carbons (Fsp3) is 0.750. The number of aliphatic hydroxyl groups is 1. The second-order valence-electron chi connectivity index (χ2n) is 1.60. The van der Waals surface area contributed by atoms with Crippen LogP contribution in [0.3, 0.4) is 0 Å². The highest BCUT2D eigenvalue weighted by Crippen LogP contribution is 1.85. The van der Waals surface area contributed by atoms with Gasteiger partial charge in [-0.15, -0.1) is 0 Å². The van der Waals surface area contributed by atoms with Gasteiger partial charge in [-0.05, 0) is 6.92 Å². The maximum atomic E-state index is 9.86. The molecule has 4 N–H and O–H groups in total. The summed E-state index contributed by atoms with van der Waals surface area (Å²) in [4.78, 5) is 9.86. The van der Waals surface area contributed by atoms with E-state index in [0.29, 0.717) is 0 Å². The number of carboxylic acids is 1. The van der Waals surface area contributed by atoms with Crippen molar-refractivity contribution in [3.63, 3.8) is 0 Å². The number of hydrogen-bond donors (Lipinski definition) is 3. The third-order valence-electron chi connectivity index (χ3n) is 0.805. The Hall–Kier alpha value is -0.0775. The Kier molecular flexibility index (Phi) is 6.19. The molecule has 0 unspecified atom stereocenters. The van der Waals surface area contributed by atoms with Gasteiger partial charge in [0.05, 0.1) is 6.10 Å². The van der Waals surface area contributed by atoms with Crippen LogP contribution in [-0.4, -0.2) is 45.7 Å². The van der Waals surface area contributed by atoms with Gasteiger partial charge >= 0.3 is 5.97 Å². The van der Waals surface area contributed by atoms with Crippen molar-refractivity contribution in [3.05, 3.63) is 0 Å². The average molecular weight is 146 g/mol. The van der Waals surface area contributed by atoms with Crippen molar-refractivity contribution in [3.8, 4) is 0 Å². The van der Waals surface area contributed by atoms with E-state index in [0.717, 1.165) is 0 Å². The van der Waals surface area contributed by atoms with Crippen LogP contribution in [0.1, 0.15) is 6.92 Å². The molecule has 51 valence electrons. The Labute approximate surface area is 63.8 Å². The second-order valence-corrected chi connectivity index (χ2v) is 1.60. The van der Waals surface area contributed by atoms with E-state index < -0.39 is 18.1 Å². The van der Waals surface area contributed by atoms with Gasteiger partial charge in [-0.25, -0.2) is 0 Å². The summed E-state index contributed by atoms with van der Waals surface area (Å²) in [6, 6.07) is -1.16. The normalized spacial score (nSPS) is 15.4. The maximum absolute atomic E-state index is 9.86. The average Bonchev–Trinajstić information content (AvgIpc) is 1.64. The van der Waals surface area contributed by atoms with E-state index in [-0.39, 0.29) is 17.4 Å². The topological polar surface area (TPSA) is 83.5 Å². The zero-order chi connectivity index (χ0) is 6.73. The van der Waals surface area contributed by atoms with Crippen LogP contribution in [0.15, 0.2) is 0 Å².